The molecule has 0 saturated heterocycles. The topological polar surface area (TPSA) is 52.3 Å². The average molecular weight is 334 g/mol. The highest BCUT2D eigenvalue weighted by atomic mass is 79.9. The number of nitrogens with two attached hydrogens (primary N) is 1. The normalized spacial score (nSPS) is 10.4. The number of halogens is 1. The summed E-state index contributed by atoms with van der Waals surface area (Å²) < 4.78 is 6.20. The van der Waals surface area contributed by atoms with Gasteiger partial charge in [-0.1, -0.05) is 22.0 Å². The van der Waals surface area contributed by atoms with Crippen molar-refractivity contribution in [3.05, 3.63) is 57.1 Å². The molecule has 2 aromatic rings. The number of carbonyl (C=O) groups excluding carboxylic acids is 1. The molecule has 0 heterocycles. The quantitative estimate of drug-likeness (QED) is 0.684. The van der Waals surface area contributed by atoms with E-state index in [1.54, 1.807) is 25.3 Å². The maximum Gasteiger partial charge on any atom is 0.197 e. The van der Waals surface area contributed by atoms with E-state index < -0.39 is 0 Å². The van der Waals surface area contributed by atoms with Crippen LogP contribution < -0.4 is 10.5 Å². The summed E-state index contributed by atoms with van der Waals surface area (Å²) in [5.41, 5.74) is 9.38. The van der Waals surface area contributed by atoms with Crippen LogP contribution in [-0.2, 0) is 0 Å². The van der Waals surface area contributed by atoms with E-state index in [0.717, 1.165) is 15.6 Å². The molecule has 20 heavy (non-hydrogen) atoms. The van der Waals surface area contributed by atoms with Crippen LogP contribution in [0.15, 0.2) is 34.8 Å². The van der Waals surface area contributed by atoms with Crippen molar-refractivity contribution in [1.82, 2.24) is 0 Å². The van der Waals surface area contributed by atoms with Crippen molar-refractivity contribution in [1.29, 1.82) is 0 Å². The number of nitrogen functional groups attached to an aromatic ring is 1. The molecule has 2 rings (SSSR count). The van der Waals surface area contributed by atoms with E-state index in [9.17, 15) is 4.79 Å². The molecule has 0 fully saturated rings. The minimum atomic E-state index is -0.0904. The van der Waals surface area contributed by atoms with Crippen LogP contribution in [0.3, 0.4) is 0 Å². The van der Waals surface area contributed by atoms with Gasteiger partial charge in [-0.25, -0.2) is 0 Å². The van der Waals surface area contributed by atoms with Gasteiger partial charge in [0.05, 0.1) is 12.7 Å². The SMILES string of the molecule is COc1cc(C)c(Br)cc1C(=O)c1cc(N)ccc1C. The molecule has 0 aliphatic heterocycles. The first-order valence-electron chi connectivity index (χ1n) is 6.19. The van der Waals surface area contributed by atoms with Crippen LogP contribution in [0.5, 0.6) is 5.75 Å². The van der Waals surface area contributed by atoms with Crippen LogP contribution in [0.1, 0.15) is 27.0 Å². The van der Waals surface area contributed by atoms with E-state index in [4.69, 9.17) is 10.5 Å². The van der Waals surface area contributed by atoms with Gasteiger partial charge >= 0.3 is 0 Å². The Hall–Kier alpha value is -1.81. The van der Waals surface area contributed by atoms with Crippen LogP contribution in [0, 0.1) is 13.8 Å². The third kappa shape index (κ3) is 2.70. The number of anilines is 1. The molecular formula is C16H16BrNO2. The molecule has 2 N–H and O–H groups in total. The zero-order valence-electron chi connectivity index (χ0n) is 11.7. The molecule has 4 heteroatoms. The molecule has 0 aliphatic carbocycles. The number of carbonyl (C=O) groups is 1. The second kappa shape index (κ2) is 5.67. The lowest BCUT2D eigenvalue weighted by Crippen LogP contribution is -2.07. The monoisotopic (exact) mass is 333 g/mol. The fourth-order valence-electron chi connectivity index (χ4n) is 2.03. The molecule has 2 aromatic carbocycles. The maximum absolute atomic E-state index is 12.7. The van der Waals surface area contributed by atoms with Crippen molar-refractivity contribution in [2.45, 2.75) is 13.8 Å². The van der Waals surface area contributed by atoms with Gasteiger partial charge in [-0.15, -0.1) is 0 Å². The summed E-state index contributed by atoms with van der Waals surface area (Å²) in [4.78, 5) is 12.7. The Balaban J connectivity index is 2.58. The maximum atomic E-state index is 12.7. The van der Waals surface area contributed by atoms with Crippen molar-refractivity contribution < 1.29 is 9.53 Å². The van der Waals surface area contributed by atoms with Gasteiger partial charge in [-0.2, -0.15) is 0 Å². The minimum Gasteiger partial charge on any atom is -0.496 e. The Morgan fingerprint density at radius 3 is 2.45 bits per heavy atom. The van der Waals surface area contributed by atoms with E-state index in [2.05, 4.69) is 15.9 Å². The van der Waals surface area contributed by atoms with Gasteiger partial charge < -0.3 is 10.5 Å². The number of ketones is 1. The largest absolute Gasteiger partial charge is 0.496 e. The predicted molar refractivity (Wildman–Crippen MR) is 84.5 cm³/mol. The summed E-state index contributed by atoms with van der Waals surface area (Å²) >= 11 is 3.45. The molecule has 0 aliphatic rings. The molecule has 3 nitrogen and oxygen atoms in total. The Labute approximate surface area is 126 Å². The number of hydrogen-bond acceptors (Lipinski definition) is 3. The smallest absolute Gasteiger partial charge is 0.197 e. The lowest BCUT2D eigenvalue weighted by Gasteiger charge is -2.12. The first-order chi connectivity index (χ1) is 9.43. The third-order valence-electron chi connectivity index (χ3n) is 3.23. The van der Waals surface area contributed by atoms with E-state index >= 15 is 0 Å². The molecule has 0 radical (unpaired) electrons. The molecule has 0 amide bonds. The summed E-state index contributed by atoms with van der Waals surface area (Å²) in [5, 5.41) is 0. The predicted octanol–water partition coefficient (Wildman–Crippen LogP) is 3.89. The minimum absolute atomic E-state index is 0.0904. The zero-order valence-corrected chi connectivity index (χ0v) is 13.2. The number of benzene rings is 2. The highest BCUT2D eigenvalue weighted by Crippen LogP contribution is 2.29. The number of rotatable bonds is 3. The van der Waals surface area contributed by atoms with Gasteiger partial charge in [-0.05, 0) is 49.2 Å². The third-order valence-corrected chi connectivity index (χ3v) is 4.09. The van der Waals surface area contributed by atoms with Crippen LogP contribution in [-0.4, -0.2) is 12.9 Å². The molecule has 0 atom stereocenters. The van der Waals surface area contributed by atoms with Gasteiger partial charge in [-0.3, -0.25) is 4.79 Å². The van der Waals surface area contributed by atoms with E-state index in [-0.39, 0.29) is 5.78 Å². The number of methoxy groups -OCH3 is 1. The van der Waals surface area contributed by atoms with Crippen LogP contribution >= 0.6 is 15.9 Å². The highest BCUT2D eigenvalue weighted by Gasteiger charge is 2.18. The van der Waals surface area contributed by atoms with Crippen LogP contribution in [0.25, 0.3) is 0 Å². The summed E-state index contributed by atoms with van der Waals surface area (Å²) in [6, 6.07) is 8.97. The standard InChI is InChI=1S/C16H16BrNO2/c1-9-4-5-11(18)7-12(9)16(19)13-8-14(17)10(2)6-15(13)20-3/h4-8H,18H2,1-3H3. The molecule has 0 unspecified atom stereocenters. The summed E-state index contributed by atoms with van der Waals surface area (Å²) in [5.74, 6) is 0.477. The Bertz CT molecular complexity index is 680. The first kappa shape index (κ1) is 14.6. The summed E-state index contributed by atoms with van der Waals surface area (Å²) in [6.07, 6.45) is 0. The summed E-state index contributed by atoms with van der Waals surface area (Å²) in [6.45, 7) is 3.84. The van der Waals surface area contributed by atoms with E-state index in [1.807, 2.05) is 26.0 Å². The van der Waals surface area contributed by atoms with Crippen molar-refractivity contribution in [3.8, 4) is 5.75 Å². The highest BCUT2D eigenvalue weighted by molar-refractivity contribution is 9.10. The van der Waals surface area contributed by atoms with Gasteiger partial charge in [0.1, 0.15) is 5.75 Å². The van der Waals surface area contributed by atoms with E-state index in [1.165, 1.54) is 0 Å². The average Bonchev–Trinajstić information content (AvgIpc) is 2.43. The van der Waals surface area contributed by atoms with E-state index in [0.29, 0.717) is 22.6 Å². The zero-order chi connectivity index (χ0) is 14.9. The fraction of sp³-hybridized carbons (Fsp3) is 0.188. The van der Waals surface area contributed by atoms with Crippen molar-refractivity contribution >= 4 is 27.4 Å². The van der Waals surface area contributed by atoms with Crippen molar-refractivity contribution in [3.63, 3.8) is 0 Å². The molecule has 0 bridgehead atoms. The molecule has 0 aromatic heterocycles. The fourth-order valence-corrected chi connectivity index (χ4v) is 2.37. The number of aryl methyl sites for hydroxylation is 2. The number of hydrogen-bond donors (Lipinski definition) is 1. The van der Waals surface area contributed by atoms with Crippen LogP contribution in [0.2, 0.25) is 0 Å². The Kier molecular flexibility index (Phi) is 4.14. The second-order valence-electron chi connectivity index (χ2n) is 4.71. The van der Waals surface area contributed by atoms with Gasteiger partial charge in [0.2, 0.25) is 0 Å². The van der Waals surface area contributed by atoms with Crippen LogP contribution in [0.4, 0.5) is 5.69 Å². The first-order valence-corrected chi connectivity index (χ1v) is 6.98. The Morgan fingerprint density at radius 1 is 1.10 bits per heavy atom. The Morgan fingerprint density at radius 2 is 1.80 bits per heavy atom. The van der Waals surface area contributed by atoms with Gasteiger partial charge in [0.25, 0.3) is 0 Å². The number of ether oxygens (including phenoxy) is 1. The van der Waals surface area contributed by atoms with Gasteiger partial charge in [0.15, 0.2) is 5.78 Å². The lowest BCUT2D eigenvalue weighted by molar-refractivity contribution is 0.103. The van der Waals surface area contributed by atoms with Gasteiger partial charge in [0, 0.05) is 15.7 Å². The van der Waals surface area contributed by atoms with Crippen molar-refractivity contribution in [2.75, 3.05) is 12.8 Å². The molecule has 104 valence electrons. The lowest BCUT2D eigenvalue weighted by atomic mass is 9.97. The van der Waals surface area contributed by atoms with Crippen molar-refractivity contribution in [2.24, 2.45) is 0 Å². The molecule has 0 saturated carbocycles. The second-order valence-corrected chi connectivity index (χ2v) is 5.56. The molecule has 0 spiro atoms. The molecular weight excluding hydrogens is 318 g/mol. The summed E-state index contributed by atoms with van der Waals surface area (Å²) in [7, 11) is 1.56.